The molecule has 1 unspecified atom stereocenters. The Bertz CT molecular complexity index is 501. The van der Waals surface area contributed by atoms with Crippen LogP contribution >= 0.6 is 27.5 Å². The highest BCUT2D eigenvalue weighted by Gasteiger charge is 2.25. The van der Waals surface area contributed by atoms with E-state index in [0.29, 0.717) is 5.88 Å². The van der Waals surface area contributed by atoms with Crippen molar-refractivity contribution in [2.24, 2.45) is 0 Å². The van der Waals surface area contributed by atoms with E-state index in [0.717, 1.165) is 15.9 Å². The van der Waals surface area contributed by atoms with Crippen molar-refractivity contribution in [1.82, 2.24) is 4.98 Å². The Balaban J connectivity index is 2.26. The Kier molecular flexibility index (Phi) is 4.25. The lowest BCUT2D eigenvalue weighted by Gasteiger charge is -2.29. The smallest absolute Gasteiger partial charge is 0.126 e. The number of halogens is 2. The quantitative estimate of drug-likeness (QED) is 0.842. The van der Waals surface area contributed by atoms with Crippen LogP contribution in [0.1, 0.15) is 12.5 Å². The number of anilines is 1. The molecule has 0 bridgehead atoms. The Morgan fingerprint density at radius 3 is 2.50 bits per heavy atom. The van der Waals surface area contributed by atoms with Gasteiger partial charge in [0.25, 0.3) is 0 Å². The van der Waals surface area contributed by atoms with Crippen molar-refractivity contribution in [3.8, 4) is 0 Å². The molecule has 1 heterocycles. The average Bonchev–Trinajstić information content (AvgIpc) is 2.42. The van der Waals surface area contributed by atoms with E-state index in [9.17, 15) is 0 Å². The van der Waals surface area contributed by atoms with Gasteiger partial charge in [0.05, 0.1) is 5.54 Å². The van der Waals surface area contributed by atoms with E-state index < -0.39 is 0 Å². The molecule has 2 aromatic rings. The highest BCUT2D eigenvalue weighted by Crippen LogP contribution is 2.26. The van der Waals surface area contributed by atoms with E-state index in [2.05, 4.69) is 45.3 Å². The van der Waals surface area contributed by atoms with Crippen molar-refractivity contribution in [2.45, 2.75) is 12.5 Å². The summed E-state index contributed by atoms with van der Waals surface area (Å²) in [5.74, 6) is 1.28. The minimum absolute atomic E-state index is 0.330. The van der Waals surface area contributed by atoms with Crippen molar-refractivity contribution in [2.75, 3.05) is 11.2 Å². The molecular formula is C14H14BrClN2. The van der Waals surface area contributed by atoms with Crippen LogP contribution in [0.25, 0.3) is 0 Å². The summed E-state index contributed by atoms with van der Waals surface area (Å²) < 4.78 is 0.959. The van der Waals surface area contributed by atoms with Crippen LogP contribution < -0.4 is 5.32 Å². The largest absolute Gasteiger partial charge is 0.360 e. The molecule has 2 nitrogen and oxygen atoms in total. The number of nitrogens with one attached hydrogen (secondary N) is 1. The molecule has 0 saturated heterocycles. The SMILES string of the molecule is CC(CCl)(Nc1ccc(Br)cn1)c1ccccc1. The van der Waals surface area contributed by atoms with Crippen LogP contribution in [0.5, 0.6) is 0 Å². The van der Waals surface area contributed by atoms with Crippen molar-refractivity contribution >= 4 is 33.3 Å². The second-order valence-electron chi connectivity index (χ2n) is 4.32. The molecule has 0 aliphatic rings. The summed E-state index contributed by atoms with van der Waals surface area (Å²) in [6.45, 7) is 2.07. The van der Waals surface area contributed by atoms with E-state index in [1.54, 1.807) is 6.20 Å². The topological polar surface area (TPSA) is 24.9 Å². The van der Waals surface area contributed by atoms with Crippen LogP contribution in [0.15, 0.2) is 53.1 Å². The van der Waals surface area contributed by atoms with Gasteiger partial charge in [0.15, 0.2) is 0 Å². The van der Waals surface area contributed by atoms with Gasteiger partial charge < -0.3 is 5.32 Å². The van der Waals surface area contributed by atoms with Crippen molar-refractivity contribution in [3.05, 3.63) is 58.7 Å². The number of pyridine rings is 1. The molecule has 2 rings (SSSR count). The van der Waals surface area contributed by atoms with Gasteiger partial charge in [0.1, 0.15) is 5.82 Å². The molecule has 1 atom stereocenters. The summed E-state index contributed by atoms with van der Waals surface area (Å²) in [4.78, 5) is 4.32. The zero-order valence-corrected chi connectivity index (χ0v) is 12.4. The summed E-state index contributed by atoms with van der Waals surface area (Å²) >= 11 is 9.50. The Morgan fingerprint density at radius 2 is 1.94 bits per heavy atom. The molecule has 0 aliphatic heterocycles. The predicted octanol–water partition coefficient (Wildman–Crippen LogP) is 4.41. The predicted molar refractivity (Wildman–Crippen MR) is 80.1 cm³/mol. The molecule has 1 aromatic heterocycles. The normalized spacial score (nSPS) is 13.9. The van der Waals surface area contributed by atoms with Gasteiger partial charge >= 0.3 is 0 Å². The number of nitrogens with zero attached hydrogens (tertiary/aromatic N) is 1. The summed E-state index contributed by atoms with van der Waals surface area (Å²) in [5, 5.41) is 3.38. The van der Waals surface area contributed by atoms with E-state index in [4.69, 9.17) is 11.6 Å². The first-order valence-corrected chi connectivity index (χ1v) is 6.98. The molecule has 1 aromatic carbocycles. The lowest BCUT2D eigenvalue weighted by Crippen LogP contribution is -2.34. The Hall–Kier alpha value is -1.06. The lowest BCUT2D eigenvalue weighted by molar-refractivity contribution is 0.613. The molecule has 0 amide bonds. The molecule has 94 valence electrons. The minimum Gasteiger partial charge on any atom is -0.360 e. The summed E-state index contributed by atoms with van der Waals surface area (Å²) in [6.07, 6.45) is 1.77. The maximum absolute atomic E-state index is 6.12. The van der Waals surface area contributed by atoms with Gasteiger partial charge in [-0.1, -0.05) is 30.3 Å². The van der Waals surface area contributed by atoms with E-state index in [1.165, 1.54) is 0 Å². The molecule has 0 radical (unpaired) electrons. The van der Waals surface area contributed by atoms with Gasteiger partial charge in [0, 0.05) is 16.5 Å². The van der Waals surface area contributed by atoms with Crippen LogP contribution in [-0.2, 0) is 5.54 Å². The third kappa shape index (κ3) is 3.03. The van der Waals surface area contributed by atoms with Gasteiger partial charge in [-0.3, -0.25) is 0 Å². The number of alkyl halides is 1. The van der Waals surface area contributed by atoms with Crippen molar-refractivity contribution < 1.29 is 0 Å². The average molecular weight is 326 g/mol. The van der Waals surface area contributed by atoms with Gasteiger partial charge in [-0.15, -0.1) is 11.6 Å². The fourth-order valence-corrected chi connectivity index (χ4v) is 2.18. The molecule has 0 saturated carbocycles. The zero-order valence-electron chi connectivity index (χ0n) is 10.0. The molecule has 0 fully saturated rings. The number of rotatable bonds is 4. The highest BCUT2D eigenvalue weighted by atomic mass is 79.9. The molecule has 0 spiro atoms. The van der Waals surface area contributed by atoms with E-state index in [1.807, 2.05) is 30.3 Å². The molecule has 0 aliphatic carbocycles. The summed E-state index contributed by atoms with van der Waals surface area (Å²) in [7, 11) is 0. The number of aromatic nitrogens is 1. The third-order valence-corrected chi connectivity index (χ3v) is 3.81. The Labute approximate surface area is 121 Å². The highest BCUT2D eigenvalue weighted by molar-refractivity contribution is 9.10. The second kappa shape index (κ2) is 5.72. The summed E-state index contributed by atoms with van der Waals surface area (Å²) in [6, 6.07) is 14.0. The van der Waals surface area contributed by atoms with Crippen LogP contribution in [0.2, 0.25) is 0 Å². The van der Waals surface area contributed by atoms with Crippen LogP contribution in [-0.4, -0.2) is 10.9 Å². The van der Waals surface area contributed by atoms with Crippen LogP contribution in [0.3, 0.4) is 0 Å². The maximum atomic E-state index is 6.12. The third-order valence-electron chi connectivity index (χ3n) is 2.81. The van der Waals surface area contributed by atoms with Crippen molar-refractivity contribution in [3.63, 3.8) is 0 Å². The van der Waals surface area contributed by atoms with E-state index in [-0.39, 0.29) is 5.54 Å². The standard InChI is InChI=1S/C14H14BrClN2/c1-14(10-16,11-5-3-2-4-6-11)18-13-8-7-12(15)9-17-13/h2-9H,10H2,1H3,(H,17,18). The molecular weight excluding hydrogens is 312 g/mol. The first kappa shape index (κ1) is 13.4. The van der Waals surface area contributed by atoms with E-state index >= 15 is 0 Å². The summed E-state index contributed by atoms with van der Waals surface area (Å²) in [5.41, 5.74) is 0.814. The first-order chi connectivity index (χ1) is 8.64. The van der Waals surface area contributed by atoms with Crippen LogP contribution in [0, 0.1) is 0 Å². The van der Waals surface area contributed by atoms with Gasteiger partial charge in [-0.2, -0.15) is 0 Å². The maximum Gasteiger partial charge on any atom is 0.126 e. The number of hydrogen-bond acceptors (Lipinski definition) is 2. The number of benzene rings is 1. The fraction of sp³-hybridized carbons (Fsp3) is 0.214. The first-order valence-electron chi connectivity index (χ1n) is 5.65. The second-order valence-corrected chi connectivity index (χ2v) is 5.50. The monoisotopic (exact) mass is 324 g/mol. The van der Waals surface area contributed by atoms with Gasteiger partial charge in [-0.05, 0) is 40.5 Å². The molecule has 18 heavy (non-hydrogen) atoms. The minimum atomic E-state index is -0.330. The Morgan fingerprint density at radius 1 is 1.22 bits per heavy atom. The van der Waals surface area contributed by atoms with Gasteiger partial charge in [-0.25, -0.2) is 4.98 Å². The lowest BCUT2D eigenvalue weighted by atomic mass is 9.94. The van der Waals surface area contributed by atoms with Crippen LogP contribution in [0.4, 0.5) is 5.82 Å². The zero-order chi connectivity index (χ0) is 13.0. The number of hydrogen-bond donors (Lipinski definition) is 1. The van der Waals surface area contributed by atoms with Crippen molar-refractivity contribution in [1.29, 1.82) is 0 Å². The molecule has 4 heteroatoms. The molecule has 1 N–H and O–H groups in total. The fourth-order valence-electron chi connectivity index (χ4n) is 1.72. The van der Waals surface area contributed by atoms with Gasteiger partial charge in [0.2, 0.25) is 0 Å².